The molecule has 0 spiro atoms. The van der Waals surface area contributed by atoms with Gasteiger partial charge in [0.1, 0.15) is 12.1 Å². The number of hydrogen-bond acceptors (Lipinski definition) is 2. The van der Waals surface area contributed by atoms with Crippen LogP contribution >= 0.6 is 27.5 Å². The van der Waals surface area contributed by atoms with E-state index in [2.05, 4.69) is 21.2 Å². The maximum Gasteiger partial charge on any atom is 0.250 e. The Labute approximate surface area is 131 Å². The molecule has 4 nitrogen and oxygen atoms in total. The highest BCUT2D eigenvalue weighted by Gasteiger charge is 2.40. The quantitative estimate of drug-likeness (QED) is 0.882. The van der Waals surface area contributed by atoms with Gasteiger partial charge in [-0.1, -0.05) is 41.4 Å². The third kappa shape index (κ3) is 2.69. The maximum absolute atomic E-state index is 12.6. The van der Waals surface area contributed by atoms with E-state index in [4.69, 9.17) is 11.6 Å². The number of rotatable bonds is 2. The Balaban J connectivity index is 2.48. The van der Waals surface area contributed by atoms with E-state index < -0.39 is 12.1 Å². The number of carbonyl (C=O) groups excluding carboxylic acids is 2. The van der Waals surface area contributed by atoms with Crippen LogP contribution in [0.2, 0.25) is 5.02 Å². The van der Waals surface area contributed by atoms with Crippen LogP contribution in [0.4, 0.5) is 5.69 Å². The molecule has 108 valence electrons. The Bertz CT molecular complexity index is 562. The van der Waals surface area contributed by atoms with Gasteiger partial charge in [-0.15, -0.1) is 0 Å². The number of amides is 2. The van der Waals surface area contributed by atoms with Crippen molar-refractivity contribution in [2.75, 3.05) is 4.90 Å². The van der Waals surface area contributed by atoms with Crippen LogP contribution in [-0.4, -0.2) is 23.9 Å². The Morgan fingerprint density at radius 1 is 1.35 bits per heavy atom. The molecule has 0 bridgehead atoms. The summed E-state index contributed by atoms with van der Waals surface area (Å²) in [5.74, 6) is -0.279. The number of benzene rings is 1. The van der Waals surface area contributed by atoms with E-state index >= 15 is 0 Å². The van der Waals surface area contributed by atoms with Crippen LogP contribution in [0.25, 0.3) is 0 Å². The Kier molecular flexibility index (Phi) is 4.39. The number of nitrogens with one attached hydrogen (secondary N) is 1. The van der Waals surface area contributed by atoms with Gasteiger partial charge in [0, 0.05) is 4.47 Å². The highest BCUT2D eigenvalue weighted by molar-refractivity contribution is 9.10. The maximum atomic E-state index is 12.6. The van der Waals surface area contributed by atoms with Crippen LogP contribution in [0, 0.1) is 5.92 Å². The fourth-order valence-corrected chi connectivity index (χ4v) is 2.80. The van der Waals surface area contributed by atoms with E-state index in [-0.39, 0.29) is 17.7 Å². The Hall–Kier alpha value is -1.07. The first-order valence-electron chi connectivity index (χ1n) is 6.41. The van der Waals surface area contributed by atoms with Crippen LogP contribution in [0.5, 0.6) is 0 Å². The fraction of sp³-hybridized carbons (Fsp3) is 0.429. The molecule has 0 radical (unpaired) electrons. The normalized spacial score (nSPS) is 23.2. The highest BCUT2D eigenvalue weighted by Crippen LogP contribution is 2.32. The molecule has 1 aromatic rings. The van der Waals surface area contributed by atoms with E-state index in [1.807, 2.05) is 13.8 Å². The van der Waals surface area contributed by atoms with Crippen molar-refractivity contribution in [2.24, 2.45) is 5.92 Å². The van der Waals surface area contributed by atoms with Crippen molar-refractivity contribution in [3.05, 3.63) is 27.7 Å². The molecule has 0 aliphatic carbocycles. The monoisotopic (exact) mass is 358 g/mol. The molecule has 0 saturated carbocycles. The summed E-state index contributed by atoms with van der Waals surface area (Å²) in [6.07, 6.45) is 0. The molecule has 1 heterocycles. The van der Waals surface area contributed by atoms with Gasteiger partial charge in [0.25, 0.3) is 5.91 Å². The summed E-state index contributed by atoms with van der Waals surface area (Å²) in [5.41, 5.74) is 0.555. The standard InChI is InChI=1S/C14H16BrClN2O2/c1-7(2)12-14(20)18(8(3)13(19)17-12)11-6-9(15)4-5-10(11)16/h4-8,12H,1-3H3,(H,17,19). The van der Waals surface area contributed by atoms with E-state index in [0.29, 0.717) is 10.7 Å². The van der Waals surface area contributed by atoms with Crippen LogP contribution in [-0.2, 0) is 9.59 Å². The number of nitrogens with zero attached hydrogens (tertiary/aromatic N) is 1. The van der Waals surface area contributed by atoms with E-state index in [1.165, 1.54) is 4.90 Å². The second-order valence-electron chi connectivity index (χ2n) is 5.21. The second kappa shape index (κ2) is 5.74. The Morgan fingerprint density at radius 2 is 2.00 bits per heavy atom. The lowest BCUT2D eigenvalue weighted by Gasteiger charge is -2.39. The van der Waals surface area contributed by atoms with E-state index in [1.54, 1.807) is 25.1 Å². The molecule has 2 atom stereocenters. The molecule has 1 aliphatic heterocycles. The van der Waals surface area contributed by atoms with Gasteiger partial charge in [0.05, 0.1) is 10.7 Å². The molecule has 1 N–H and O–H groups in total. The largest absolute Gasteiger partial charge is 0.342 e. The number of anilines is 1. The first-order chi connectivity index (χ1) is 9.32. The van der Waals surface area contributed by atoms with Crippen molar-refractivity contribution >= 4 is 45.0 Å². The average molecular weight is 360 g/mol. The third-order valence-corrected chi connectivity index (χ3v) is 4.22. The smallest absolute Gasteiger partial charge is 0.250 e. The molecular weight excluding hydrogens is 344 g/mol. The summed E-state index contributed by atoms with van der Waals surface area (Å²) in [6.45, 7) is 5.50. The van der Waals surface area contributed by atoms with Gasteiger partial charge in [-0.25, -0.2) is 0 Å². The van der Waals surface area contributed by atoms with Gasteiger partial charge in [0.15, 0.2) is 0 Å². The summed E-state index contributed by atoms with van der Waals surface area (Å²) >= 11 is 9.55. The molecular formula is C14H16BrClN2O2. The molecule has 2 amide bonds. The highest BCUT2D eigenvalue weighted by atomic mass is 79.9. The van der Waals surface area contributed by atoms with E-state index in [0.717, 1.165) is 4.47 Å². The van der Waals surface area contributed by atoms with Crippen molar-refractivity contribution in [1.29, 1.82) is 0 Å². The minimum atomic E-state index is -0.579. The topological polar surface area (TPSA) is 49.4 Å². The summed E-state index contributed by atoms with van der Waals surface area (Å²) in [6, 6.07) is 4.16. The van der Waals surface area contributed by atoms with Crippen molar-refractivity contribution in [2.45, 2.75) is 32.9 Å². The van der Waals surface area contributed by atoms with Gasteiger partial charge in [-0.2, -0.15) is 0 Å². The number of hydrogen-bond donors (Lipinski definition) is 1. The van der Waals surface area contributed by atoms with Crippen molar-refractivity contribution in [1.82, 2.24) is 5.32 Å². The second-order valence-corrected chi connectivity index (χ2v) is 6.53. The SMILES string of the molecule is CC(C)C1NC(=O)C(C)N(c2cc(Br)ccc2Cl)C1=O. The number of carbonyl (C=O) groups is 2. The third-order valence-electron chi connectivity index (χ3n) is 3.40. The minimum absolute atomic E-state index is 0.0207. The lowest BCUT2D eigenvalue weighted by atomic mass is 9.98. The summed E-state index contributed by atoms with van der Waals surface area (Å²) in [4.78, 5) is 26.2. The number of piperazine rings is 1. The molecule has 0 aromatic heterocycles. The zero-order valence-electron chi connectivity index (χ0n) is 11.5. The van der Waals surface area contributed by atoms with Gasteiger partial charge < -0.3 is 5.32 Å². The molecule has 6 heteroatoms. The summed E-state index contributed by atoms with van der Waals surface area (Å²) < 4.78 is 0.809. The van der Waals surface area contributed by atoms with E-state index in [9.17, 15) is 9.59 Å². The fourth-order valence-electron chi connectivity index (χ4n) is 2.24. The first kappa shape index (κ1) is 15.3. The zero-order valence-corrected chi connectivity index (χ0v) is 13.8. The molecule has 2 rings (SSSR count). The van der Waals surface area contributed by atoms with Crippen molar-refractivity contribution in [3.63, 3.8) is 0 Å². The zero-order chi connectivity index (χ0) is 15.0. The molecule has 2 unspecified atom stereocenters. The van der Waals surface area contributed by atoms with Crippen molar-refractivity contribution in [3.8, 4) is 0 Å². The molecule has 1 saturated heterocycles. The minimum Gasteiger partial charge on any atom is -0.342 e. The van der Waals surface area contributed by atoms with Gasteiger partial charge in [-0.3, -0.25) is 14.5 Å². The Morgan fingerprint density at radius 3 is 2.60 bits per heavy atom. The van der Waals surface area contributed by atoms with Crippen molar-refractivity contribution < 1.29 is 9.59 Å². The summed E-state index contributed by atoms with van der Waals surface area (Å²) in [5, 5.41) is 3.21. The van der Waals surface area contributed by atoms with Gasteiger partial charge >= 0.3 is 0 Å². The lowest BCUT2D eigenvalue weighted by Crippen LogP contribution is -2.64. The molecule has 1 aromatic carbocycles. The van der Waals surface area contributed by atoms with Crippen LogP contribution in [0.15, 0.2) is 22.7 Å². The molecule has 1 fully saturated rings. The summed E-state index contributed by atoms with van der Waals surface area (Å²) in [7, 11) is 0. The molecule has 1 aliphatic rings. The lowest BCUT2D eigenvalue weighted by molar-refractivity contribution is -0.134. The predicted octanol–water partition coefficient (Wildman–Crippen LogP) is 2.98. The van der Waals surface area contributed by atoms with Gasteiger partial charge in [0.2, 0.25) is 5.91 Å². The average Bonchev–Trinajstić information content (AvgIpc) is 2.37. The first-order valence-corrected chi connectivity index (χ1v) is 7.58. The van der Waals surface area contributed by atoms with Crippen LogP contribution in [0.3, 0.4) is 0 Å². The van der Waals surface area contributed by atoms with Gasteiger partial charge in [-0.05, 0) is 31.0 Å². The predicted molar refractivity (Wildman–Crippen MR) is 82.9 cm³/mol. The molecule has 20 heavy (non-hydrogen) atoms. The van der Waals surface area contributed by atoms with Crippen LogP contribution in [0.1, 0.15) is 20.8 Å². The van der Waals surface area contributed by atoms with Crippen LogP contribution < -0.4 is 10.2 Å². The number of halogens is 2.